The first-order chi connectivity index (χ1) is 10.6. The first kappa shape index (κ1) is 18.1. The molecule has 1 atom stereocenters. The van der Waals surface area contributed by atoms with Gasteiger partial charge in [0.15, 0.2) is 4.33 Å². The predicted octanol–water partition coefficient (Wildman–Crippen LogP) is 3.46. The lowest BCUT2D eigenvalue weighted by Crippen LogP contribution is -2.42. The maximum Gasteiger partial charge on any atom is 0.209 e. The monoisotopic (exact) mass is 376 g/mol. The van der Waals surface area contributed by atoms with Crippen molar-refractivity contribution in [2.24, 2.45) is 0 Å². The van der Waals surface area contributed by atoms with Crippen molar-refractivity contribution in [3.8, 4) is 11.3 Å². The van der Waals surface area contributed by atoms with Crippen molar-refractivity contribution in [2.45, 2.75) is 17.3 Å². The maximum atomic E-state index is 13.0. The highest BCUT2D eigenvalue weighted by molar-refractivity contribution is 7.88. The van der Waals surface area contributed by atoms with E-state index in [2.05, 4.69) is 9.71 Å². The summed E-state index contributed by atoms with van der Waals surface area (Å²) in [5.74, 6) is -0.347. The molecule has 0 bridgehead atoms. The molecule has 1 aromatic carbocycles. The van der Waals surface area contributed by atoms with E-state index in [-0.39, 0.29) is 5.82 Å². The van der Waals surface area contributed by atoms with Gasteiger partial charge in [-0.25, -0.2) is 17.5 Å². The Morgan fingerprint density at radius 1 is 1.22 bits per heavy atom. The lowest BCUT2D eigenvalue weighted by molar-refractivity contribution is 0.546. The standard InChI is InChI=1S/C15H15Cl2FN2O2S/c1-10(20-23(2,21)22)15(16,17)12-7-8-19-14(9-12)11-3-5-13(18)6-4-11/h3-10,20H,1-2H3. The van der Waals surface area contributed by atoms with Gasteiger partial charge in [0.2, 0.25) is 10.0 Å². The second-order valence-corrected chi connectivity index (χ2v) is 8.34. The van der Waals surface area contributed by atoms with Crippen molar-refractivity contribution in [3.05, 3.63) is 54.0 Å². The van der Waals surface area contributed by atoms with E-state index in [1.54, 1.807) is 31.2 Å². The molecule has 0 spiro atoms. The number of benzene rings is 1. The smallest absolute Gasteiger partial charge is 0.209 e. The van der Waals surface area contributed by atoms with Gasteiger partial charge < -0.3 is 0 Å². The van der Waals surface area contributed by atoms with Crippen molar-refractivity contribution in [1.82, 2.24) is 9.71 Å². The number of aromatic nitrogens is 1. The van der Waals surface area contributed by atoms with Crippen LogP contribution in [-0.2, 0) is 14.4 Å². The zero-order valence-electron chi connectivity index (χ0n) is 12.4. The van der Waals surface area contributed by atoms with Crippen molar-refractivity contribution in [3.63, 3.8) is 0 Å². The topological polar surface area (TPSA) is 59.1 Å². The van der Waals surface area contributed by atoms with E-state index in [1.165, 1.54) is 18.3 Å². The van der Waals surface area contributed by atoms with Crippen LogP contribution in [0, 0.1) is 5.82 Å². The minimum atomic E-state index is -3.46. The Kier molecular flexibility index (Phi) is 5.30. The molecular weight excluding hydrogens is 362 g/mol. The van der Waals surface area contributed by atoms with Gasteiger partial charge in [0, 0.05) is 11.8 Å². The molecular formula is C15H15Cl2FN2O2S. The van der Waals surface area contributed by atoms with Gasteiger partial charge in [-0.1, -0.05) is 23.2 Å². The summed E-state index contributed by atoms with van der Waals surface area (Å²) in [5.41, 5.74) is 1.74. The molecule has 1 aromatic heterocycles. The molecule has 0 saturated carbocycles. The van der Waals surface area contributed by atoms with Crippen LogP contribution in [-0.4, -0.2) is 25.7 Å². The summed E-state index contributed by atoms with van der Waals surface area (Å²) in [6.07, 6.45) is 2.55. The fourth-order valence-corrected chi connectivity index (χ4v) is 3.35. The number of nitrogens with one attached hydrogen (secondary N) is 1. The zero-order chi connectivity index (χ0) is 17.3. The van der Waals surface area contributed by atoms with Crippen LogP contribution in [0.3, 0.4) is 0 Å². The summed E-state index contributed by atoms with van der Waals surface area (Å²) in [6, 6.07) is 8.32. The Labute approximate surface area is 144 Å². The first-order valence-electron chi connectivity index (χ1n) is 6.67. The molecule has 8 heteroatoms. The van der Waals surface area contributed by atoms with Gasteiger partial charge in [-0.15, -0.1) is 0 Å². The Bertz CT molecular complexity index is 795. The number of pyridine rings is 1. The van der Waals surface area contributed by atoms with Crippen LogP contribution in [0.25, 0.3) is 11.3 Å². The van der Waals surface area contributed by atoms with Crippen LogP contribution in [0.4, 0.5) is 4.39 Å². The number of alkyl halides is 2. The van der Waals surface area contributed by atoms with Gasteiger partial charge >= 0.3 is 0 Å². The van der Waals surface area contributed by atoms with Gasteiger partial charge in [0.05, 0.1) is 18.0 Å². The fraction of sp³-hybridized carbons (Fsp3) is 0.267. The largest absolute Gasteiger partial charge is 0.256 e. The van der Waals surface area contributed by atoms with Gasteiger partial charge in [-0.3, -0.25) is 4.98 Å². The van der Waals surface area contributed by atoms with E-state index in [0.29, 0.717) is 16.8 Å². The van der Waals surface area contributed by atoms with E-state index >= 15 is 0 Å². The molecule has 4 nitrogen and oxygen atoms in total. The average molecular weight is 377 g/mol. The van der Waals surface area contributed by atoms with E-state index in [1.807, 2.05) is 0 Å². The quantitative estimate of drug-likeness (QED) is 0.812. The lowest BCUT2D eigenvalue weighted by Gasteiger charge is -2.27. The van der Waals surface area contributed by atoms with Crippen LogP contribution in [0.15, 0.2) is 42.6 Å². The van der Waals surface area contributed by atoms with E-state index < -0.39 is 20.4 Å². The highest BCUT2D eigenvalue weighted by Crippen LogP contribution is 2.38. The first-order valence-corrected chi connectivity index (χ1v) is 9.32. The van der Waals surface area contributed by atoms with Gasteiger partial charge in [-0.2, -0.15) is 0 Å². The summed E-state index contributed by atoms with van der Waals surface area (Å²) in [4.78, 5) is 4.21. The molecule has 0 amide bonds. The summed E-state index contributed by atoms with van der Waals surface area (Å²) >= 11 is 12.7. The molecule has 0 saturated heterocycles. The molecule has 2 aromatic rings. The summed E-state index contributed by atoms with van der Waals surface area (Å²) in [6.45, 7) is 1.57. The van der Waals surface area contributed by atoms with Crippen molar-refractivity contribution in [1.29, 1.82) is 0 Å². The minimum absolute atomic E-state index is 0.347. The molecule has 0 aliphatic carbocycles. The third-order valence-corrected chi connectivity index (χ3v) is 5.09. The van der Waals surface area contributed by atoms with Crippen LogP contribution in [0.2, 0.25) is 0 Å². The Balaban J connectivity index is 2.36. The average Bonchev–Trinajstić information content (AvgIpc) is 2.46. The second kappa shape index (κ2) is 6.73. The molecule has 0 aliphatic rings. The van der Waals surface area contributed by atoms with Crippen molar-refractivity contribution >= 4 is 33.2 Å². The molecule has 124 valence electrons. The SMILES string of the molecule is CC(NS(C)(=O)=O)C(Cl)(Cl)c1ccnc(-c2ccc(F)cc2)c1. The number of hydrogen-bond donors (Lipinski definition) is 1. The normalized spacial score (nSPS) is 13.8. The van der Waals surface area contributed by atoms with Crippen LogP contribution in [0.5, 0.6) is 0 Å². The van der Waals surface area contributed by atoms with Gasteiger partial charge in [0.1, 0.15) is 5.82 Å². The van der Waals surface area contributed by atoms with Crippen molar-refractivity contribution in [2.75, 3.05) is 6.26 Å². The molecule has 1 unspecified atom stereocenters. The summed E-state index contributed by atoms with van der Waals surface area (Å²) in [5, 5.41) is 0. The fourth-order valence-electron chi connectivity index (χ4n) is 2.06. The molecule has 1 heterocycles. The van der Waals surface area contributed by atoms with Gasteiger partial charge in [0.25, 0.3) is 0 Å². The molecule has 1 N–H and O–H groups in total. The Hall–Kier alpha value is -1.21. The third kappa shape index (κ3) is 4.64. The van der Waals surface area contributed by atoms with Crippen LogP contribution in [0.1, 0.15) is 12.5 Å². The number of nitrogens with zero attached hydrogens (tertiary/aromatic N) is 1. The molecule has 0 aliphatic heterocycles. The Morgan fingerprint density at radius 2 is 1.83 bits per heavy atom. The van der Waals surface area contributed by atoms with E-state index in [9.17, 15) is 12.8 Å². The second-order valence-electron chi connectivity index (χ2n) is 5.17. The minimum Gasteiger partial charge on any atom is -0.256 e. The molecule has 23 heavy (non-hydrogen) atoms. The molecule has 0 radical (unpaired) electrons. The number of rotatable bonds is 5. The molecule has 0 fully saturated rings. The highest BCUT2D eigenvalue weighted by atomic mass is 35.5. The summed E-state index contributed by atoms with van der Waals surface area (Å²) in [7, 11) is -3.46. The maximum absolute atomic E-state index is 13.0. The summed E-state index contributed by atoms with van der Waals surface area (Å²) < 4.78 is 36.6. The number of halogens is 3. The highest BCUT2D eigenvalue weighted by Gasteiger charge is 2.35. The van der Waals surface area contributed by atoms with E-state index in [0.717, 1.165) is 6.26 Å². The van der Waals surface area contributed by atoms with Crippen LogP contribution < -0.4 is 4.72 Å². The zero-order valence-corrected chi connectivity index (χ0v) is 14.8. The lowest BCUT2D eigenvalue weighted by atomic mass is 10.0. The Morgan fingerprint density at radius 3 is 2.39 bits per heavy atom. The number of hydrogen-bond acceptors (Lipinski definition) is 3. The molecule has 2 rings (SSSR count). The van der Waals surface area contributed by atoms with E-state index in [4.69, 9.17) is 23.2 Å². The van der Waals surface area contributed by atoms with Crippen molar-refractivity contribution < 1.29 is 12.8 Å². The third-order valence-electron chi connectivity index (χ3n) is 3.22. The van der Waals surface area contributed by atoms with Crippen LogP contribution >= 0.6 is 23.2 Å². The predicted molar refractivity (Wildman–Crippen MR) is 90.5 cm³/mol. The van der Waals surface area contributed by atoms with Gasteiger partial charge in [-0.05, 0) is 48.9 Å². The number of sulfonamides is 1.